The monoisotopic (exact) mass is 1120 g/mol. The van der Waals surface area contributed by atoms with Gasteiger partial charge in [0, 0.05) is 110 Å². The highest BCUT2D eigenvalue weighted by Gasteiger charge is 2.56. The van der Waals surface area contributed by atoms with E-state index in [0.717, 1.165) is 83.7 Å². The van der Waals surface area contributed by atoms with Crippen molar-refractivity contribution in [1.82, 2.24) is 40.2 Å². The molecule has 8 bridgehead atoms. The van der Waals surface area contributed by atoms with Crippen LogP contribution in [-0.4, -0.2) is 149 Å². The summed E-state index contributed by atoms with van der Waals surface area (Å²) in [6.07, 6.45) is 5.68. The van der Waals surface area contributed by atoms with Crippen molar-refractivity contribution in [3.8, 4) is 22.5 Å². The first-order chi connectivity index (χ1) is 38.4. The number of carbonyl (C=O) groups excluding carboxylic acids is 3. The zero-order chi connectivity index (χ0) is 55.8. The average molecular weight is 1120 g/mol. The van der Waals surface area contributed by atoms with Gasteiger partial charge in [-0.2, -0.15) is 0 Å². The number of hydrazine groups is 1. The van der Waals surface area contributed by atoms with E-state index >= 15 is 4.79 Å². The molecule has 80 heavy (non-hydrogen) atoms. The van der Waals surface area contributed by atoms with Crippen LogP contribution in [0.1, 0.15) is 120 Å². The van der Waals surface area contributed by atoms with E-state index < -0.39 is 60.3 Å². The number of piperazine rings is 1. The summed E-state index contributed by atoms with van der Waals surface area (Å²) in [5, 5.41) is 7.35. The molecule has 8 aliphatic rings. The molecule has 9 heterocycles. The van der Waals surface area contributed by atoms with E-state index in [2.05, 4.69) is 76.0 Å². The second-order valence-corrected chi connectivity index (χ2v) is 25.6. The molecule has 5 aliphatic heterocycles. The number of aromatic nitrogens is 4. The fourth-order valence-corrected chi connectivity index (χ4v) is 14.1. The van der Waals surface area contributed by atoms with Crippen molar-refractivity contribution in [1.29, 1.82) is 0 Å². The lowest BCUT2D eigenvalue weighted by Crippen LogP contribution is -2.72. The maximum atomic E-state index is 15.2. The third kappa shape index (κ3) is 11.0. The van der Waals surface area contributed by atoms with Crippen molar-refractivity contribution in [2.45, 2.75) is 153 Å². The quantitative estimate of drug-likeness (QED) is 0.0954. The van der Waals surface area contributed by atoms with Crippen molar-refractivity contribution in [2.24, 2.45) is 23.2 Å². The SMILES string of the molecule is CO[C@@H](C)c1ncc(N2CCN(C3CC3)CC2)cc1-c1c2c3cc(ccc3n1CCO[C@H]1CCOC(C)(C)C1)-c1csc(n1)[C@@H](OCC(F)F)[C@H](NC(=O)[C@@H]1[C@@H](C)[C@H]1c1cocn1)C(=O)N1N[C@H](C(=O)OCC(C)(C)C2)C2CC1C2. The zero-order valence-corrected chi connectivity index (χ0v) is 47.6. The molecule has 18 nitrogen and oxygen atoms in total. The minimum Gasteiger partial charge on any atom is -0.464 e. The number of nitrogens with zero attached hydrogens (tertiary/aromatic N) is 7. The average Bonchev–Trinajstić information content (AvgIpc) is 4.33. The molecule has 2 amide bonds. The number of carbonyl (C=O) groups is 3. The van der Waals surface area contributed by atoms with E-state index in [1.54, 1.807) is 7.11 Å². The molecule has 3 saturated carbocycles. The molecular formula is C59H75F2N9O9S. The Bertz CT molecular complexity index is 3080. The van der Waals surface area contributed by atoms with E-state index in [1.807, 2.05) is 31.5 Å². The van der Waals surface area contributed by atoms with E-state index in [9.17, 15) is 18.4 Å². The normalized spacial score (nSPS) is 29.1. The Balaban J connectivity index is 0.991. The molecule has 4 aromatic heterocycles. The number of thiazole rings is 1. The van der Waals surface area contributed by atoms with Crippen LogP contribution < -0.4 is 15.6 Å². The lowest BCUT2D eigenvalue weighted by atomic mass is 9.73. The number of oxazole rings is 1. The minimum absolute atomic E-state index is 0.0175. The van der Waals surface area contributed by atoms with Crippen LogP contribution in [0.3, 0.4) is 0 Å². The van der Waals surface area contributed by atoms with Crippen molar-refractivity contribution in [2.75, 3.05) is 64.6 Å². The Kier molecular flexibility index (Phi) is 15.2. The van der Waals surface area contributed by atoms with Crippen LogP contribution in [0.15, 0.2) is 52.9 Å². The third-order valence-corrected chi connectivity index (χ3v) is 18.9. The summed E-state index contributed by atoms with van der Waals surface area (Å²) in [6.45, 7) is 16.7. The molecule has 1 aromatic carbocycles. The summed E-state index contributed by atoms with van der Waals surface area (Å²) < 4.78 is 67.7. The fraction of sp³-hybridized carbons (Fsp3) is 0.627. The van der Waals surface area contributed by atoms with Gasteiger partial charge < -0.3 is 42.9 Å². The number of methoxy groups -OCH3 is 1. The summed E-state index contributed by atoms with van der Waals surface area (Å²) in [4.78, 5) is 63.9. The number of pyridine rings is 1. The third-order valence-electron chi connectivity index (χ3n) is 17.9. The van der Waals surface area contributed by atoms with E-state index in [1.165, 1.54) is 41.8 Å². The summed E-state index contributed by atoms with van der Waals surface area (Å²) >= 11 is 1.17. The lowest BCUT2D eigenvalue weighted by molar-refractivity contribution is -0.173. The number of hydrogen-bond donors (Lipinski definition) is 2. The molecular weight excluding hydrogens is 1050 g/mol. The number of ether oxygens (including phenoxy) is 5. The number of nitrogens with one attached hydrogen (secondary N) is 2. The van der Waals surface area contributed by atoms with E-state index in [0.29, 0.717) is 56.5 Å². The lowest BCUT2D eigenvalue weighted by Gasteiger charge is -2.53. The van der Waals surface area contributed by atoms with Gasteiger partial charge in [0.1, 0.15) is 36.1 Å². The number of halogens is 2. The summed E-state index contributed by atoms with van der Waals surface area (Å²) in [5.74, 6) is -2.71. The van der Waals surface area contributed by atoms with Gasteiger partial charge in [-0.1, -0.05) is 26.8 Å². The molecule has 0 spiro atoms. The number of rotatable bonds is 15. The molecule has 0 radical (unpaired) electrons. The van der Waals surface area contributed by atoms with Crippen LogP contribution >= 0.6 is 11.3 Å². The number of benzene rings is 1. The van der Waals surface area contributed by atoms with Gasteiger partial charge in [0.15, 0.2) is 6.39 Å². The largest absolute Gasteiger partial charge is 0.464 e. The molecule has 21 heteroatoms. The van der Waals surface area contributed by atoms with Crippen molar-refractivity contribution in [3.63, 3.8) is 0 Å². The first kappa shape index (κ1) is 55.1. The van der Waals surface area contributed by atoms with E-state index in [4.69, 9.17) is 38.1 Å². The smallest absolute Gasteiger partial charge is 0.325 e. The Morgan fingerprint density at radius 3 is 2.55 bits per heavy atom. The van der Waals surface area contributed by atoms with Gasteiger partial charge in [-0.05, 0) is 94.9 Å². The van der Waals surface area contributed by atoms with Crippen LogP contribution in [0.5, 0.6) is 0 Å². The molecule has 4 saturated heterocycles. The van der Waals surface area contributed by atoms with Gasteiger partial charge >= 0.3 is 5.97 Å². The Morgan fingerprint density at radius 1 is 1.02 bits per heavy atom. The number of anilines is 1. The molecule has 3 aliphatic carbocycles. The Hall–Kier alpha value is -5.42. The summed E-state index contributed by atoms with van der Waals surface area (Å²) in [6, 6.07) is 6.47. The van der Waals surface area contributed by atoms with Crippen molar-refractivity contribution in [3.05, 3.63) is 70.5 Å². The first-order valence-corrected chi connectivity index (χ1v) is 29.5. The summed E-state index contributed by atoms with van der Waals surface area (Å²) in [7, 11) is 1.70. The Morgan fingerprint density at radius 2 is 1.82 bits per heavy atom. The Labute approximate surface area is 469 Å². The van der Waals surface area contributed by atoms with Crippen LogP contribution in [0.25, 0.3) is 33.4 Å². The van der Waals surface area contributed by atoms with Crippen molar-refractivity contribution < 1.29 is 51.3 Å². The van der Waals surface area contributed by atoms with Crippen LogP contribution in [0.4, 0.5) is 14.5 Å². The van der Waals surface area contributed by atoms with Gasteiger partial charge in [-0.15, -0.1) is 11.3 Å². The maximum Gasteiger partial charge on any atom is 0.325 e. The number of hydrogen-bond acceptors (Lipinski definition) is 16. The second kappa shape index (κ2) is 22.1. The maximum absolute atomic E-state index is 15.2. The highest BCUT2D eigenvalue weighted by atomic mass is 32.1. The topological polar surface area (TPSA) is 188 Å². The van der Waals surface area contributed by atoms with Crippen molar-refractivity contribution >= 4 is 45.7 Å². The van der Waals surface area contributed by atoms with Crippen LogP contribution in [0.2, 0.25) is 0 Å². The predicted molar refractivity (Wildman–Crippen MR) is 295 cm³/mol. The molecule has 7 fully saturated rings. The van der Waals surface area contributed by atoms with Crippen LogP contribution in [0, 0.1) is 23.2 Å². The standard InChI is InChI=1S/C59H75F2N9O9S/c1-32-47(43-27-75-31-63-43)48(32)54(71)65-51-53(77-28-46(60)61)55-64-44(29-80-55)34-8-11-45-40(22-34)42(25-58(3,4)30-78-57(73)50-35-20-37(21-35)70(66-50)56(51)72)52(69(45)17-19-76-39-12-18-79-59(5,6)24-39)41-23-38(26-62-49(41)33(2)74-7)68-15-13-67(14-16-68)36-9-10-36/h8,11,22-23,26-27,29,31-33,35-37,39,46-48,50-51,53,66H,9-10,12-21,24-25,28,30H2,1-7H3,(H,65,71)/t32-,33-,35?,37?,39-,47-,48+,50-,51-,53-/m0/s1. The van der Waals surface area contributed by atoms with Gasteiger partial charge in [0.2, 0.25) is 5.91 Å². The van der Waals surface area contributed by atoms with E-state index in [-0.39, 0.29) is 53.2 Å². The van der Waals surface area contributed by atoms with Crippen LogP contribution in [-0.2, 0) is 51.0 Å². The molecule has 5 aromatic rings. The first-order valence-electron chi connectivity index (χ1n) is 28.7. The number of alkyl halides is 2. The van der Waals surface area contributed by atoms with Gasteiger partial charge in [0.25, 0.3) is 12.3 Å². The summed E-state index contributed by atoms with van der Waals surface area (Å²) in [5.41, 5.74) is 9.82. The van der Waals surface area contributed by atoms with Gasteiger partial charge in [-0.25, -0.2) is 24.2 Å². The molecule has 8 atom stereocenters. The molecule has 430 valence electrons. The number of fused-ring (bicyclic) bond motifs is 4. The molecule has 2 N–H and O–H groups in total. The second-order valence-electron chi connectivity index (χ2n) is 24.7. The highest BCUT2D eigenvalue weighted by Crippen LogP contribution is 2.54. The molecule has 0 unspecified atom stereocenters. The number of amides is 2. The highest BCUT2D eigenvalue weighted by molar-refractivity contribution is 7.10. The number of cyclic esters (lactones) is 1. The van der Waals surface area contributed by atoms with Gasteiger partial charge in [-0.3, -0.25) is 29.3 Å². The fourth-order valence-electron chi connectivity index (χ4n) is 13.2. The zero-order valence-electron chi connectivity index (χ0n) is 46.8. The number of esters is 1. The predicted octanol–water partition coefficient (Wildman–Crippen LogP) is 8.26. The minimum atomic E-state index is -2.90. The van der Waals surface area contributed by atoms with Gasteiger partial charge in [0.05, 0.1) is 65.7 Å². The molecule has 13 rings (SSSR count).